The Kier molecular flexibility index (Phi) is 5.57. The fourth-order valence-corrected chi connectivity index (χ4v) is 2.74. The van der Waals surface area contributed by atoms with Crippen LogP contribution in [-0.4, -0.2) is 15.9 Å². The third-order valence-electron chi connectivity index (χ3n) is 3.85. The number of halogens is 1. The van der Waals surface area contributed by atoms with Crippen molar-refractivity contribution in [2.75, 3.05) is 16.0 Å². The van der Waals surface area contributed by atoms with E-state index in [1.54, 1.807) is 0 Å². The van der Waals surface area contributed by atoms with E-state index in [-0.39, 0.29) is 5.91 Å². The Morgan fingerprint density at radius 1 is 0.926 bits per heavy atom. The topological polar surface area (TPSA) is 78.9 Å². The van der Waals surface area contributed by atoms with Crippen LogP contribution in [0.5, 0.6) is 0 Å². The number of aromatic nitrogens is 2. The Labute approximate surface area is 163 Å². The molecule has 0 aliphatic rings. The van der Waals surface area contributed by atoms with Crippen molar-refractivity contribution < 1.29 is 4.79 Å². The van der Waals surface area contributed by atoms with Gasteiger partial charge in [-0.05, 0) is 55.8 Å². The van der Waals surface area contributed by atoms with Gasteiger partial charge in [0.05, 0.1) is 0 Å². The second-order valence-corrected chi connectivity index (χ2v) is 6.51. The number of benzene rings is 2. The molecule has 27 heavy (non-hydrogen) atoms. The van der Waals surface area contributed by atoms with Gasteiger partial charge in [0.25, 0.3) is 0 Å². The van der Waals surface area contributed by atoms with E-state index in [2.05, 4.69) is 25.9 Å². The van der Waals surface area contributed by atoms with Crippen LogP contribution in [-0.2, 0) is 4.79 Å². The first-order valence-electron chi connectivity index (χ1n) is 8.43. The summed E-state index contributed by atoms with van der Waals surface area (Å²) in [6.07, 6.45) is 0. The molecule has 3 N–H and O–H groups in total. The minimum atomic E-state index is -0.103. The van der Waals surface area contributed by atoms with Crippen molar-refractivity contribution in [1.29, 1.82) is 0 Å². The van der Waals surface area contributed by atoms with Crippen molar-refractivity contribution in [2.24, 2.45) is 0 Å². The summed E-state index contributed by atoms with van der Waals surface area (Å²) >= 11 is 6.18. The van der Waals surface area contributed by atoms with E-state index in [4.69, 9.17) is 11.6 Å². The van der Waals surface area contributed by atoms with E-state index in [9.17, 15) is 4.79 Å². The third kappa shape index (κ3) is 4.95. The zero-order valence-electron chi connectivity index (χ0n) is 15.3. The average Bonchev–Trinajstić information content (AvgIpc) is 2.60. The summed E-state index contributed by atoms with van der Waals surface area (Å²) in [7, 11) is 0. The van der Waals surface area contributed by atoms with Crippen molar-refractivity contribution in [3.63, 3.8) is 0 Å². The van der Waals surface area contributed by atoms with Gasteiger partial charge in [0.1, 0.15) is 17.5 Å². The number of amides is 1. The number of hydrogen-bond acceptors (Lipinski definition) is 5. The summed E-state index contributed by atoms with van der Waals surface area (Å²) in [6.45, 7) is 5.27. The SMILES string of the molecule is CC(=O)Nc1ccc(Nc2cc(Nc3cccc(Cl)c3C)nc(C)n2)cc1. The second-order valence-electron chi connectivity index (χ2n) is 6.11. The smallest absolute Gasteiger partial charge is 0.221 e. The van der Waals surface area contributed by atoms with E-state index in [0.717, 1.165) is 22.6 Å². The van der Waals surface area contributed by atoms with Crippen LogP contribution in [0.3, 0.4) is 0 Å². The molecule has 0 fully saturated rings. The fourth-order valence-electron chi connectivity index (χ4n) is 2.56. The highest BCUT2D eigenvalue weighted by Crippen LogP contribution is 2.27. The molecule has 2 aromatic carbocycles. The largest absolute Gasteiger partial charge is 0.340 e. The van der Waals surface area contributed by atoms with Crippen molar-refractivity contribution in [3.05, 3.63) is 64.9 Å². The van der Waals surface area contributed by atoms with Crippen LogP contribution in [0.2, 0.25) is 5.02 Å². The number of nitrogens with one attached hydrogen (secondary N) is 3. The molecular formula is C20H20ClN5O. The van der Waals surface area contributed by atoms with Crippen LogP contribution in [0, 0.1) is 13.8 Å². The lowest BCUT2D eigenvalue weighted by Crippen LogP contribution is -2.05. The van der Waals surface area contributed by atoms with E-state index < -0.39 is 0 Å². The minimum Gasteiger partial charge on any atom is -0.340 e. The molecule has 1 heterocycles. The van der Waals surface area contributed by atoms with Crippen molar-refractivity contribution in [3.8, 4) is 0 Å². The molecule has 0 aliphatic heterocycles. The molecule has 0 bridgehead atoms. The van der Waals surface area contributed by atoms with Gasteiger partial charge in [-0.15, -0.1) is 0 Å². The summed E-state index contributed by atoms with van der Waals surface area (Å²) in [6, 6.07) is 14.9. The maximum Gasteiger partial charge on any atom is 0.221 e. The van der Waals surface area contributed by atoms with E-state index >= 15 is 0 Å². The Hall–Kier alpha value is -3.12. The zero-order valence-corrected chi connectivity index (χ0v) is 16.1. The molecule has 0 radical (unpaired) electrons. The molecule has 1 aromatic heterocycles. The quantitative estimate of drug-likeness (QED) is 0.566. The monoisotopic (exact) mass is 381 g/mol. The van der Waals surface area contributed by atoms with Crippen LogP contribution in [0.4, 0.5) is 28.7 Å². The molecule has 0 unspecified atom stereocenters. The molecule has 3 aromatic rings. The van der Waals surface area contributed by atoms with Gasteiger partial charge in [-0.2, -0.15) is 0 Å². The zero-order chi connectivity index (χ0) is 19.4. The third-order valence-corrected chi connectivity index (χ3v) is 4.26. The van der Waals surface area contributed by atoms with Gasteiger partial charge < -0.3 is 16.0 Å². The maximum atomic E-state index is 11.1. The highest BCUT2D eigenvalue weighted by molar-refractivity contribution is 6.31. The van der Waals surface area contributed by atoms with Crippen molar-refractivity contribution in [1.82, 2.24) is 9.97 Å². The maximum absolute atomic E-state index is 11.1. The summed E-state index contributed by atoms with van der Waals surface area (Å²) in [5.41, 5.74) is 3.45. The molecule has 3 rings (SSSR count). The Balaban J connectivity index is 1.79. The van der Waals surface area contributed by atoms with E-state index in [0.29, 0.717) is 22.5 Å². The summed E-state index contributed by atoms with van der Waals surface area (Å²) in [5.74, 6) is 1.87. The molecule has 6 nitrogen and oxygen atoms in total. The number of carbonyl (C=O) groups excluding carboxylic acids is 1. The lowest BCUT2D eigenvalue weighted by Gasteiger charge is -2.13. The van der Waals surface area contributed by atoms with Crippen LogP contribution >= 0.6 is 11.6 Å². The highest BCUT2D eigenvalue weighted by Gasteiger charge is 2.07. The minimum absolute atomic E-state index is 0.103. The average molecular weight is 382 g/mol. The van der Waals surface area contributed by atoms with Crippen molar-refractivity contribution >= 4 is 46.2 Å². The van der Waals surface area contributed by atoms with E-state index in [1.807, 2.05) is 62.4 Å². The molecule has 7 heteroatoms. The first kappa shape index (κ1) is 18.7. The summed E-state index contributed by atoms with van der Waals surface area (Å²) in [4.78, 5) is 20.0. The molecule has 0 saturated heterocycles. The van der Waals surface area contributed by atoms with Crippen LogP contribution in [0.1, 0.15) is 18.3 Å². The van der Waals surface area contributed by atoms with Crippen LogP contribution < -0.4 is 16.0 Å². The molecule has 0 saturated carbocycles. The highest BCUT2D eigenvalue weighted by atomic mass is 35.5. The summed E-state index contributed by atoms with van der Waals surface area (Å²) < 4.78 is 0. The molecule has 0 atom stereocenters. The predicted octanol–water partition coefficient (Wildman–Crippen LogP) is 5.19. The molecular weight excluding hydrogens is 362 g/mol. The summed E-state index contributed by atoms with van der Waals surface area (Å²) in [5, 5.41) is 9.97. The fraction of sp³-hybridized carbons (Fsp3) is 0.150. The van der Waals surface area contributed by atoms with Gasteiger partial charge in [-0.25, -0.2) is 9.97 Å². The number of nitrogens with zero attached hydrogens (tertiary/aromatic N) is 2. The van der Waals surface area contributed by atoms with Gasteiger partial charge in [-0.3, -0.25) is 4.79 Å². The standard InChI is InChI=1S/C20H20ClN5O/c1-12-17(21)5-4-6-18(12)26-20-11-19(22-13(2)23-20)25-16-9-7-15(8-10-16)24-14(3)27/h4-11H,1-3H3,(H,24,27)(H2,22,23,25,26). The normalized spacial score (nSPS) is 10.4. The number of carbonyl (C=O) groups is 1. The number of anilines is 5. The number of hydrogen-bond donors (Lipinski definition) is 3. The first-order valence-corrected chi connectivity index (χ1v) is 8.81. The van der Waals surface area contributed by atoms with Crippen molar-refractivity contribution in [2.45, 2.75) is 20.8 Å². The Bertz CT molecular complexity index is 973. The Morgan fingerprint density at radius 2 is 1.56 bits per heavy atom. The lowest BCUT2D eigenvalue weighted by atomic mass is 10.2. The number of aryl methyl sites for hydroxylation is 1. The number of rotatable bonds is 5. The van der Waals surface area contributed by atoms with E-state index in [1.165, 1.54) is 6.92 Å². The van der Waals surface area contributed by atoms with Gasteiger partial charge in [0.2, 0.25) is 5.91 Å². The Morgan fingerprint density at radius 3 is 2.22 bits per heavy atom. The van der Waals surface area contributed by atoms with Gasteiger partial charge in [-0.1, -0.05) is 17.7 Å². The molecule has 138 valence electrons. The van der Waals surface area contributed by atoms with Gasteiger partial charge >= 0.3 is 0 Å². The molecule has 1 amide bonds. The molecule has 0 spiro atoms. The first-order chi connectivity index (χ1) is 12.9. The second kappa shape index (κ2) is 8.05. The van der Waals surface area contributed by atoms with Gasteiger partial charge in [0, 0.05) is 35.1 Å². The lowest BCUT2D eigenvalue weighted by molar-refractivity contribution is -0.114. The van der Waals surface area contributed by atoms with Crippen LogP contribution in [0.25, 0.3) is 0 Å². The molecule has 0 aliphatic carbocycles. The van der Waals surface area contributed by atoms with Gasteiger partial charge in [0.15, 0.2) is 0 Å². The predicted molar refractivity (Wildman–Crippen MR) is 110 cm³/mol. The van der Waals surface area contributed by atoms with Crippen LogP contribution in [0.15, 0.2) is 48.5 Å².